The molecule has 1 aliphatic heterocycles. The second-order valence-corrected chi connectivity index (χ2v) is 4.90. The van der Waals surface area contributed by atoms with Gasteiger partial charge >= 0.3 is 17.9 Å². The SMILES string of the molecule is C=CC(=O)OC1CC(C(=O)OC2C(=O)OCC2C)C1. The fourth-order valence-electron chi connectivity index (χ4n) is 2.07. The van der Waals surface area contributed by atoms with Gasteiger partial charge < -0.3 is 14.2 Å². The normalized spacial score (nSPS) is 33.0. The smallest absolute Gasteiger partial charge is 0.347 e. The Morgan fingerprint density at radius 2 is 2.05 bits per heavy atom. The van der Waals surface area contributed by atoms with E-state index in [1.165, 1.54) is 0 Å². The summed E-state index contributed by atoms with van der Waals surface area (Å²) in [5.41, 5.74) is 0. The zero-order chi connectivity index (χ0) is 14.0. The summed E-state index contributed by atoms with van der Waals surface area (Å²) in [4.78, 5) is 34.0. The van der Waals surface area contributed by atoms with Crippen molar-refractivity contribution in [3.05, 3.63) is 12.7 Å². The Morgan fingerprint density at radius 1 is 1.37 bits per heavy atom. The van der Waals surface area contributed by atoms with E-state index in [-0.39, 0.29) is 24.5 Å². The first-order valence-corrected chi connectivity index (χ1v) is 6.21. The minimum atomic E-state index is -0.803. The van der Waals surface area contributed by atoms with Crippen LogP contribution in [0.25, 0.3) is 0 Å². The van der Waals surface area contributed by atoms with Gasteiger partial charge in [-0.25, -0.2) is 9.59 Å². The summed E-state index contributed by atoms with van der Waals surface area (Å²) in [5.74, 6) is -1.85. The summed E-state index contributed by atoms with van der Waals surface area (Å²) in [5, 5.41) is 0. The third-order valence-electron chi connectivity index (χ3n) is 3.36. The number of carbonyl (C=O) groups excluding carboxylic acids is 3. The second-order valence-electron chi connectivity index (χ2n) is 4.90. The van der Waals surface area contributed by atoms with Crippen LogP contribution in [-0.4, -0.2) is 36.7 Å². The van der Waals surface area contributed by atoms with E-state index < -0.39 is 24.0 Å². The molecule has 0 bridgehead atoms. The Balaban J connectivity index is 1.76. The molecule has 2 aliphatic rings. The van der Waals surface area contributed by atoms with Crippen molar-refractivity contribution in [2.75, 3.05) is 6.61 Å². The first-order valence-electron chi connectivity index (χ1n) is 6.21. The molecule has 0 aromatic carbocycles. The third kappa shape index (κ3) is 2.94. The molecule has 1 saturated carbocycles. The Hall–Kier alpha value is -1.85. The molecule has 0 aromatic heterocycles. The van der Waals surface area contributed by atoms with Gasteiger partial charge in [-0.2, -0.15) is 0 Å². The highest BCUT2D eigenvalue weighted by atomic mass is 16.6. The molecule has 0 amide bonds. The summed E-state index contributed by atoms with van der Waals surface area (Å²) in [6, 6.07) is 0. The van der Waals surface area contributed by atoms with E-state index in [1.54, 1.807) is 6.92 Å². The molecule has 6 nitrogen and oxygen atoms in total. The van der Waals surface area contributed by atoms with E-state index in [1.807, 2.05) is 0 Å². The number of esters is 3. The molecule has 0 aromatic rings. The number of hydrogen-bond donors (Lipinski definition) is 0. The summed E-state index contributed by atoms with van der Waals surface area (Å²) in [6.07, 6.45) is 0.864. The van der Waals surface area contributed by atoms with Crippen LogP contribution in [0.5, 0.6) is 0 Å². The van der Waals surface area contributed by atoms with Crippen LogP contribution in [-0.2, 0) is 28.6 Å². The van der Waals surface area contributed by atoms with E-state index in [0.29, 0.717) is 12.8 Å². The van der Waals surface area contributed by atoms with Crippen LogP contribution in [0.3, 0.4) is 0 Å². The highest BCUT2D eigenvalue weighted by Gasteiger charge is 2.42. The first kappa shape index (κ1) is 13.6. The summed E-state index contributed by atoms with van der Waals surface area (Å²) in [7, 11) is 0. The molecule has 104 valence electrons. The van der Waals surface area contributed by atoms with Gasteiger partial charge in [0.25, 0.3) is 0 Å². The predicted octanol–water partition coefficient (Wildman–Crippen LogP) is 0.599. The van der Waals surface area contributed by atoms with Gasteiger partial charge in [-0.1, -0.05) is 13.5 Å². The van der Waals surface area contributed by atoms with Gasteiger partial charge in [0.15, 0.2) is 0 Å². The predicted molar refractivity (Wildman–Crippen MR) is 62.8 cm³/mol. The van der Waals surface area contributed by atoms with E-state index in [2.05, 4.69) is 6.58 Å². The Labute approximate surface area is 110 Å². The topological polar surface area (TPSA) is 78.9 Å². The van der Waals surface area contributed by atoms with Crippen molar-refractivity contribution in [1.82, 2.24) is 0 Å². The summed E-state index contributed by atoms with van der Waals surface area (Å²) >= 11 is 0. The van der Waals surface area contributed by atoms with Crippen LogP contribution in [0.2, 0.25) is 0 Å². The lowest BCUT2D eigenvalue weighted by Crippen LogP contribution is -2.40. The highest BCUT2D eigenvalue weighted by molar-refractivity contribution is 5.83. The maximum atomic E-state index is 11.8. The number of hydrogen-bond acceptors (Lipinski definition) is 6. The highest BCUT2D eigenvalue weighted by Crippen LogP contribution is 2.32. The molecule has 2 fully saturated rings. The zero-order valence-corrected chi connectivity index (χ0v) is 10.7. The molecular weight excluding hydrogens is 252 g/mol. The summed E-state index contributed by atoms with van der Waals surface area (Å²) in [6.45, 7) is 5.36. The van der Waals surface area contributed by atoms with E-state index in [9.17, 15) is 14.4 Å². The lowest BCUT2D eigenvalue weighted by Gasteiger charge is -2.33. The quantitative estimate of drug-likeness (QED) is 0.422. The van der Waals surface area contributed by atoms with E-state index >= 15 is 0 Å². The fraction of sp³-hybridized carbons (Fsp3) is 0.615. The lowest BCUT2D eigenvalue weighted by atomic mass is 9.82. The van der Waals surface area contributed by atoms with Gasteiger partial charge in [0, 0.05) is 12.0 Å². The van der Waals surface area contributed by atoms with E-state index in [4.69, 9.17) is 14.2 Å². The minimum Gasteiger partial charge on any atom is -0.462 e. The molecule has 19 heavy (non-hydrogen) atoms. The third-order valence-corrected chi connectivity index (χ3v) is 3.36. The zero-order valence-electron chi connectivity index (χ0n) is 10.7. The van der Waals surface area contributed by atoms with E-state index in [0.717, 1.165) is 6.08 Å². The maximum Gasteiger partial charge on any atom is 0.347 e. The van der Waals surface area contributed by atoms with Crippen molar-refractivity contribution >= 4 is 17.9 Å². The van der Waals surface area contributed by atoms with Crippen LogP contribution in [0.1, 0.15) is 19.8 Å². The second kappa shape index (κ2) is 5.42. The van der Waals surface area contributed by atoms with Crippen molar-refractivity contribution in [3.8, 4) is 0 Å². The van der Waals surface area contributed by atoms with Crippen molar-refractivity contribution in [1.29, 1.82) is 0 Å². The van der Waals surface area contributed by atoms with Gasteiger partial charge in [0.2, 0.25) is 6.10 Å². The average molecular weight is 268 g/mol. The molecule has 6 heteroatoms. The number of ether oxygens (including phenoxy) is 3. The van der Waals surface area contributed by atoms with Crippen LogP contribution in [0, 0.1) is 11.8 Å². The molecule has 2 rings (SSSR count). The average Bonchev–Trinajstić information content (AvgIpc) is 2.64. The molecule has 1 aliphatic carbocycles. The van der Waals surface area contributed by atoms with Crippen LogP contribution >= 0.6 is 0 Å². The molecule has 0 spiro atoms. The standard InChI is InChI=1S/C13H16O6/c1-3-10(14)18-9-4-8(5-9)12(15)19-11-7(2)6-17-13(11)16/h3,7-9,11H,1,4-6H2,2H3. The van der Waals surface area contributed by atoms with Gasteiger partial charge in [-0.3, -0.25) is 4.79 Å². The molecular formula is C13H16O6. The molecule has 2 atom stereocenters. The Bertz CT molecular complexity index is 409. The van der Waals surface area contributed by atoms with Crippen LogP contribution in [0.4, 0.5) is 0 Å². The Kier molecular flexibility index (Phi) is 3.87. The molecule has 1 heterocycles. The maximum absolute atomic E-state index is 11.8. The summed E-state index contributed by atoms with van der Waals surface area (Å²) < 4.78 is 14.9. The van der Waals surface area contributed by atoms with Gasteiger partial charge in [-0.15, -0.1) is 0 Å². The largest absolute Gasteiger partial charge is 0.462 e. The Morgan fingerprint density at radius 3 is 2.58 bits per heavy atom. The molecule has 0 radical (unpaired) electrons. The van der Waals surface area contributed by atoms with Crippen molar-refractivity contribution in [2.45, 2.75) is 32.0 Å². The minimum absolute atomic E-state index is 0.120. The van der Waals surface area contributed by atoms with Crippen molar-refractivity contribution < 1.29 is 28.6 Å². The van der Waals surface area contributed by atoms with Gasteiger partial charge in [0.1, 0.15) is 6.10 Å². The number of carbonyl (C=O) groups is 3. The first-order chi connectivity index (χ1) is 9.01. The van der Waals surface area contributed by atoms with Crippen LogP contribution < -0.4 is 0 Å². The monoisotopic (exact) mass is 268 g/mol. The van der Waals surface area contributed by atoms with Gasteiger partial charge in [0.05, 0.1) is 12.5 Å². The van der Waals surface area contributed by atoms with Crippen molar-refractivity contribution in [2.24, 2.45) is 11.8 Å². The molecule has 0 N–H and O–H groups in total. The fourth-order valence-corrected chi connectivity index (χ4v) is 2.07. The molecule has 1 saturated heterocycles. The van der Waals surface area contributed by atoms with Crippen molar-refractivity contribution in [3.63, 3.8) is 0 Å². The molecule has 2 unspecified atom stereocenters. The lowest BCUT2D eigenvalue weighted by molar-refractivity contribution is -0.173. The van der Waals surface area contributed by atoms with Gasteiger partial charge in [-0.05, 0) is 12.8 Å². The number of cyclic esters (lactones) is 1. The van der Waals surface area contributed by atoms with Crippen LogP contribution in [0.15, 0.2) is 12.7 Å². The number of rotatable bonds is 4.